The fraction of sp³-hybridized carbons (Fsp3) is 0.333. The van der Waals surface area contributed by atoms with Gasteiger partial charge in [0.05, 0.1) is 5.92 Å². The summed E-state index contributed by atoms with van der Waals surface area (Å²) in [6.07, 6.45) is -5.21. The van der Waals surface area contributed by atoms with Gasteiger partial charge in [-0.15, -0.1) is 5.10 Å². The Morgan fingerprint density at radius 2 is 2.09 bits per heavy atom. The molecule has 7 nitrogen and oxygen atoms in total. The maximum absolute atomic E-state index is 12.0. The highest BCUT2D eigenvalue weighted by Crippen LogP contribution is 2.19. The van der Waals surface area contributed by atoms with E-state index in [2.05, 4.69) is 14.8 Å². The number of anilines is 1. The van der Waals surface area contributed by atoms with E-state index in [4.69, 9.17) is 5.73 Å². The number of carbonyl (C=O) groups excluding carboxylic acids is 2. The number of aromatic nitrogens is 3. The highest BCUT2D eigenvalue weighted by molar-refractivity contribution is 5.89. The predicted molar refractivity (Wildman–Crippen MR) is 67.4 cm³/mol. The van der Waals surface area contributed by atoms with Crippen molar-refractivity contribution in [1.29, 1.82) is 0 Å². The zero-order chi connectivity index (χ0) is 16.5. The number of halogens is 3. The van der Waals surface area contributed by atoms with Crippen LogP contribution in [-0.2, 0) is 20.7 Å². The van der Waals surface area contributed by atoms with Crippen molar-refractivity contribution in [1.82, 2.24) is 14.6 Å². The molecule has 0 saturated heterocycles. The molecule has 0 aromatic carbocycles. The summed E-state index contributed by atoms with van der Waals surface area (Å²) in [5.74, 6) is -4.77. The first-order chi connectivity index (χ1) is 10.2. The molecule has 0 bridgehead atoms. The highest BCUT2D eigenvalue weighted by Gasteiger charge is 2.43. The van der Waals surface area contributed by atoms with E-state index in [0.717, 1.165) is 0 Å². The molecule has 0 radical (unpaired) electrons. The zero-order valence-corrected chi connectivity index (χ0v) is 11.3. The Morgan fingerprint density at radius 3 is 2.73 bits per heavy atom. The summed E-state index contributed by atoms with van der Waals surface area (Å²) in [4.78, 5) is 26.1. The molecular formula is C12H11F3N4O3. The van der Waals surface area contributed by atoms with Crippen LogP contribution in [0.3, 0.4) is 0 Å². The minimum absolute atomic E-state index is 0.00408. The minimum Gasteiger partial charge on any atom is -0.386 e. The van der Waals surface area contributed by atoms with Gasteiger partial charge >= 0.3 is 18.1 Å². The largest absolute Gasteiger partial charge is 0.491 e. The lowest BCUT2D eigenvalue weighted by Gasteiger charge is -2.12. The van der Waals surface area contributed by atoms with Crippen molar-refractivity contribution in [2.24, 2.45) is 5.92 Å². The lowest BCUT2D eigenvalue weighted by Crippen LogP contribution is -2.31. The molecule has 2 rings (SSSR count). The van der Waals surface area contributed by atoms with Crippen LogP contribution >= 0.6 is 0 Å². The Hall–Kier alpha value is -2.65. The third kappa shape index (κ3) is 3.32. The third-order valence-corrected chi connectivity index (χ3v) is 2.80. The van der Waals surface area contributed by atoms with Gasteiger partial charge in [0.15, 0.2) is 5.65 Å². The van der Waals surface area contributed by atoms with Crippen molar-refractivity contribution < 1.29 is 27.5 Å². The van der Waals surface area contributed by atoms with E-state index in [1.807, 2.05) is 0 Å². The SMILES string of the molecule is CC(Cc1cccc2nc(N)nn12)C(=O)OC(=O)C(F)(F)F. The standard InChI is InChI=1S/C12H11F3N4O3/c1-6(9(20)22-10(21)12(13,14)15)5-7-3-2-4-8-17-11(16)18-19(7)8/h2-4,6H,5H2,1H3,(H2,16,18). The number of pyridine rings is 1. The summed E-state index contributed by atoms with van der Waals surface area (Å²) in [7, 11) is 0. The average Bonchev–Trinajstić information content (AvgIpc) is 2.78. The van der Waals surface area contributed by atoms with Gasteiger partial charge in [-0.25, -0.2) is 9.31 Å². The van der Waals surface area contributed by atoms with E-state index in [1.54, 1.807) is 18.2 Å². The van der Waals surface area contributed by atoms with E-state index in [0.29, 0.717) is 11.3 Å². The Bertz CT molecular complexity index is 726. The van der Waals surface area contributed by atoms with Gasteiger partial charge in [-0.2, -0.15) is 18.2 Å². The molecule has 10 heteroatoms. The van der Waals surface area contributed by atoms with Crippen LogP contribution < -0.4 is 5.73 Å². The summed E-state index contributed by atoms with van der Waals surface area (Å²) >= 11 is 0. The number of hydrogen-bond acceptors (Lipinski definition) is 6. The number of carbonyl (C=O) groups is 2. The predicted octanol–water partition coefficient (Wildman–Crippen LogP) is 1.12. The Labute approximate surface area is 121 Å². The van der Waals surface area contributed by atoms with Gasteiger partial charge in [0, 0.05) is 12.1 Å². The average molecular weight is 316 g/mol. The fourth-order valence-electron chi connectivity index (χ4n) is 1.78. The van der Waals surface area contributed by atoms with Crippen LogP contribution in [0.15, 0.2) is 18.2 Å². The number of esters is 2. The van der Waals surface area contributed by atoms with Crippen LogP contribution in [0.1, 0.15) is 12.6 Å². The van der Waals surface area contributed by atoms with Crippen molar-refractivity contribution in [3.63, 3.8) is 0 Å². The molecule has 2 aromatic heterocycles. The van der Waals surface area contributed by atoms with Crippen LogP contribution in [0.2, 0.25) is 0 Å². The monoisotopic (exact) mass is 316 g/mol. The molecule has 22 heavy (non-hydrogen) atoms. The van der Waals surface area contributed by atoms with Crippen LogP contribution in [0, 0.1) is 5.92 Å². The molecule has 1 atom stereocenters. The van der Waals surface area contributed by atoms with Gasteiger partial charge < -0.3 is 10.5 Å². The smallest absolute Gasteiger partial charge is 0.386 e. The number of nitrogen functional groups attached to an aromatic ring is 1. The molecule has 118 valence electrons. The van der Waals surface area contributed by atoms with Crippen LogP contribution in [0.25, 0.3) is 5.65 Å². The summed E-state index contributed by atoms with van der Waals surface area (Å²) < 4.78 is 41.3. The number of nitrogens with zero attached hydrogens (tertiary/aromatic N) is 3. The van der Waals surface area contributed by atoms with Crippen LogP contribution in [0.5, 0.6) is 0 Å². The molecule has 0 spiro atoms. The first-order valence-electron chi connectivity index (χ1n) is 6.11. The maximum atomic E-state index is 12.0. The summed E-state index contributed by atoms with van der Waals surface area (Å²) in [5.41, 5.74) is 6.38. The molecule has 2 heterocycles. The number of alkyl halides is 3. The molecule has 0 saturated carbocycles. The lowest BCUT2D eigenvalue weighted by molar-refractivity contribution is -0.203. The van der Waals surface area contributed by atoms with Gasteiger partial charge in [-0.05, 0) is 12.1 Å². The number of fused-ring (bicyclic) bond motifs is 1. The topological polar surface area (TPSA) is 99.6 Å². The first kappa shape index (κ1) is 15.7. The third-order valence-electron chi connectivity index (χ3n) is 2.80. The fourth-order valence-corrected chi connectivity index (χ4v) is 1.78. The van der Waals surface area contributed by atoms with Gasteiger partial charge in [0.2, 0.25) is 5.95 Å². The molecule has 2 aromatic rings. The second-order valence-corrected chi connectivity index (χ2v) is 4.57. The normalized spacial score (nSPS) is 13.1. The van der Waals surface area contributed by atoms with Gasteiger partial charge in [-0.1, -0.05) is 13.0 Å². The molecule has 0 fully saturated rings. The second kappa shape index (κ2) is 5.62. The Balaban J connectivity index is 2.12. The Kier molecular flexibility index (Phi) is 4.02. The van der Waals surface area contributed by atoms with E-state index in [9.17, 15) is 22.8 Å². The lowest BCUT2D eigenvalue weighted by atomic mass is 10.1. The number of ether oxygens (including phenoxy) is 1. The summed E-state index contributed by atoms with van der Waals surface area (Å²) in [6.45, 7) is 1.34. The summed E-state index contributed by atoms with van der Waals surface area (Å²) in [6, 6.07) is 4.87. The van der Waals surface area contributed by atoms with E-state index < -0.39 is 24.0 Å². The first-order valence-corrected chi connectivity index (χ1v) is 6.11. The number of nitrogens with two attached hydrogens (primary N) is 1. The van der Waals surface area contributed by atoms with Crippen molar-refractivity contribution >= 4 is 23.5 Å². The van der Waals surface area contributed by atoms with Crippen molar-refractivity contribution in [3.05, 3.63) is 23.9 Å². The van der Waals surface area contributed by atoms with Crippen molar-refractivity contribution in [2.45, 2.75) is 19.5 Å². The molecule has 0 aliphatic rings. The zero-order valence-electron chi connectivity index (χ0n) is 11.3. The minimum atomic E-state index is -5.21. The van der Waals surface area contributed by atoms with E-state index >= 15 is 0 Å². The highest BCUT2D eigenvalue weighted by atomic mass is 19.4. The number of rotatable bonds is 3. The van der Waals surface area contributed by atoms with Crippen molar-refractivity contribution in [2.75, 3.05) is 5.73 Å². The maximum Gasteiger partial charge on any atom is 0.491 e. The Morgan fingerprint density at radius 1 is 1.41 bits per heavy atom. The van der Waals surface area contributed by atoms with Gasteiger partial charge in [-0.3, -0.25) is 4.79 Å². The molecule has 1 unspecified atom stereocenters. The second-order valence-electron chi connectivity index (χ2n) is 4.57. The number of hydrogen-bond donors (Lipinski definition) is 1. The molecular weight excluding hydrogens is 305 g/mol. The van der Waals surface area contributed by atoms with Crippen molar-refractivity contribution in [3.8, 4) is 0 Å². The van der Waals surface area contributed by atoms with Gasteiger partial charge in [0.25, 0.3) is 0 Å². The van der Waals surface area contributed by atoms with Crippen LogP contribution in [0.4, 0.5) is 19.1 Å². The molecule has 0 amide bonds. The van der Waals surface area contributed by atoms with Gasteiger partial charge in [0.1, 0.15) is 0 Å². The molecule has 2 N–H and O–H groups in total. The van der Waals surface area contributed by atoms with Crippen LogP contribution in [-0.4, -0.2) is 32.7 Å². The molecule has 0 aliphatic heterocycles. The van der Waals surface area contributed by atoms with E-state index in [-0.39, 0.29) is 12.4 Å². The quantitative estimate of drug-likeness (QED) is 0.673. The molecule has 0 aliphatic carbocycles. The summed E-state index contributed by atoms with van der Waals surface area (Å²) in [5, 5.41) is 3.91. The van der Waals surface area contributed by atoms with E-state index in [1.165, 1.54) is 11.4 Å².